The van der Waals surface area contributed by atoms with E-state index in [1.165, 1.54) is 69.3 Å². The molecular weight excluding hydrogens is 1770 g/mol. The summed E-state index contributed by atoms with van der Waals surface area (Å²) in [7, 11) is 0. The van der Waals surface area contributed by atoms with Gasteiger partial charge >= 0.3 is 5.97 Å². The zero-order chi connectivity index (χ0) is 101. The van der Waals surface area contributed by atoms with Crippen molar-refractivity contribution in [2.75, 3.05) is 26.2 Å². The van der Waals surface area contributed by atoms with E-state index >= 15 is 14.4 Å². The summed E-state index contributed by atoms with van der Waals surface area (Å²) >= 11 is 0. The first-order chi connectivity index (χ1) is 64.5. The number of H-pyrrole nitrogens is 2. The molecular formula is C91H132N24O21. The molecule has 0 radical (unpaired) electrons. The highest BCUT2D eigenvalue weighted by molar-refractivity contribution is 6.02. The Labute approximate surface area is 785 Å². The van der Waals surface area contributed by atoms with Crippen LogP contribution in [0.3, 0.4) is 0 Å². The normalized spacial score (nSPS) is 14.8. The second-order valence-corrected chi connectivity index (χ2v) is 34.0. The van der Waals surface area contributed by atoms with Crippen LogP contribution in [-0.4, -0.2) is 254 Å². The highest BCUT2D eigenvalue weighted by atomic mass is 16.4. The zero-order valence-corrected chi connectivity index (χ0v) is 77.2. The number of benzene rings is 4. The third-order valence-electron chi connectivity index (χ3n) is 22.5. The first-order valence-electron chi connectivity index (χ1n) is 45.1. The van der Waals surface area contributed by atoms with Gasteiger partial charge in [-0.05, 0) is 169 Å². The molecule has 0 saturated carbocycles. The number of nitrogens with one attached hydrogen (secondary N) is 18. The monoisotopic (exact) mass is 1900 g/mol. The van der Waals surface area contributed by atoms with Crippen molar-refractivity contribution in [3.05, 3.63) is 132 Å². The van der Waals surface area contributed by atoms with Crippen LogP contribution in [0.2, 0.25) is 0 Å². The summed E-state index contributed by atoms with van der Waals surface area (Å²) in [5, 5.41) is 87.5. The quantitative estimate of drug-likeness (QED) is 0.00994. The number of unbranched alkanes of at least 4 members (excludes halogenated alkanes) is 2. The van der Waals surface area contributed by atoms with Gasteiger partial charge in [0, 0.05) is 72.8 Å². The molecule has 742 valence electrons. The largest absolute Gasteiger partial charge is 0.508 e. The van der Waals surface area contributed by atoms with Crippen molar-refractivity contribution in [2.45, 2.75) is 248 Å². The number of nitrogens with two attached hydrogens (primary N) is 6. The van der Waals surface area contributed by atoms with Gasteiger partial charge in [0.2, 0.25) is 94.5 Å². The minimum absolute atomic E-state index is 0.0434. The number of aromatic amines is 2. The minimum atomic E-state index is -1.82. The smallest absolute Gasteiger partial charge is 0.326 e. The second-order valence-electron chi connectivity index (χ2n) is 34.0. The van der Waals surface area contributed by atoms with Gasteiger partial charge in [0.05, 0.1) is 19.1 Å². The third kappa shape index (κ3) is 36.2. The maximum Gasteiger partial charge on any atom is 0.326 e. The number of guanidine groups is 1. The van der Waals surface area contributed by atoms with Crippen LogP contribution in [0.25, 0.3) is 21.8 Å². The molecule has 0 spiro atoms. The number of rotatable bonds is 59. The summed E-state index contributed by atoms with van der Waals surface area (Å²) in [5.74, 6) is -18.5. The van der Waals surface area contributed by atoms with Crippen molar-refractivity contribution < 1.29 is 102 Å². The lowest BCUT2D eigenvalue weighted by atomic mass is 9.96. The lowest BCUT2D eigenvalue weighted by Crippen LogP contribution is -2.61. The first-order valence-corrected chi connectivity index (χ1v) is 45.1. The number of amides is 16. The molecule has 0 aliphatic carbocycles. The van der Waals surface area contributed by atoms with E-state index in [-0.39, 0.29) is 114 Å². The Morgan fingerprint density at radius 2 is 0.757 bits per heavy atom. The van der Waals surface area contributed by atoms with Crippen LogP contribution in [0.5, 0.6) is 11.5 Å². The Morgan fingerprint density at radius 1 is 0.390 bits per heavy atom. The molecule has 45 heteroatoms. The predicted molar refractivity (Wildman–Crippen MR) is 500 cm³/mol. The molecule has 2 aromatic heterocycles. The van der Waals surface area contributed by atoms with Gasteiger partial charge in [-0.3, -0.25) is 82.1 Å². The standard InChI is InChI=1S/C91H132N24O21/c1-8-48(4)75(115-87(132)70(42-55-45-101-62-22-12-10-19-59(55)62)109-76(121)49(5)103-83(128)67(39-52-25-29-56(117)30-26-52)112-81(126)64(33-34-73(95)119)105-79(124)60(94)20-17-37-99-91(97)98)89(134)104-51(7)78(123)108-69(41-54-44-100-61-21-11-9-18-58(54)61)85(130)113-68(40-53-27-31-57(118)32-28-53)84(129)106-63(23-13-15-35-92)80(125)111-66(38-47(2)3)82(127)102-50(6)77(122)110-71(43-74(96)120)86(131)114-72(46-116)88(133)107-65(90(135)136)24-14-16-36-93/h9-12,18-19,21-22,25-32,44-45,47-51,60,63-72,75,100-101,116-118H,8,13-17,20,23-24,33-43,46,92-94H2,1-7H3,(H2,95,119)(H2,96,120)(H,102,127)(H,103,128)(H,104,134)(H,105,124)(H,106,129)(H,107,133)(H,108,123)(H,109,121)(H,110,122)(H,111,125)(H,112,126)(H,113,130)(H,114,131)(H,115,132)(H,135,136)(H4,97,98,99)/t48-,49-,50-,51-,60-,63-,64-,65-,66-,67-,68-,69-,70-,71-,72-,75-/m0/s1. The Balaban J connectivity index is 1.24. The van der Waals surface area contributed by atoms with E-state index in [0.29, 0.717) is 69.7 Å². The maximum absolute atomic E-state index is 15.4. The van der Waals surface area contributed by atoms with Crippen LogP contribution < -0.4 is 114 Å². The number of carboxylic acids is 1. The molecule has 16 atom stereocenters. The molecule has 4 aromatic carbocycles. The number of phenolic OH excluding ortho intramolecular Hbond substituents is 2. The Bertz CT molecular complexity index is 5110. The molecule has 6 aromatic rings. The van der Waals surface area contributed by atoms with Gasteiger partial charge in [0.1, 0.15) is 96.1 Å². The topological polar surface area (TPSA) is 763 Å². The Morgan fingerprint density at radius 3 is 1.20 bits per heavy atom. The van der Waals surface area contributed by atoms with Gasteiger partial charge < -0.3 is 145 Å². The molecule has 0 bridgehead atoms. The fourth-order valence-electron chi connectivity index (χ4n) is 14.6. The van der Waals surface area contributed by atoms with E-state index in [1.807, 2.05) is 0 Å². The van der Waals surface area contributed by atoms with E-state index in [4.69, 9.17) is 39.8 Å². The minimum Gasteiger partial charge on any atom is -0.508 e. The molecule has 2 heterocycles. The number of primary amides is 2. The second kappa shape index (κ2) is 55.4. The summed E-state index contributed by atoms with van der Waals surface area (Å²) in [5.41, 5.74) is 37.0. The number of phenols is 2. The number of hydrogen-bond donors (Lipinski definition) is 28. The van der Waals surface area contributed by atoms with E-state index in [0.717, 1.165) is 0 Å². The summed E-state index contributed by atoms with van der Waals surface area (Å²) in [6.45, 7) is 10.2. The van der Waals surface area contributed by atoms with Crippen LogP contribution in [0, 0.1) is 17.2 Å². The fourth-order valence-corrected chi connectivity index (χ4v) is 14.6. The summed E-state index contributed by atoms with van der Waals surface area (Å²) < 4.78 is 0. The number of aliphatic hydroxyl groups excluding tert-OH is 1. The molecule has 45 nitrogen and oxygen atoms in total. The SMILES string of the molecule is CC[C@H](C)[C@H](NC(=O)[C@H](Cc1c[nH]c2ccccc12)NC(=O)[C@H](C)NC(=O)[C@H](Cc1ccc(O)cc1)NC(=O)[C@H](CCC(N)=O)NC(=O)[C@@H](N)CCCNC(=N)N)C(=O)N[C@@H](C)C(=O)N[C@@H](Cc1c[nH]c2ccccc12)C(=O)N[C@@H](Cc1ccc(O)cc1)C(=O)N[C@@H](CCCCN)C(=O)N[C@@H](CC(C)C)C(=O)N[C@@H](C)C(=O)N[C@@H](CC(N)=O)C(=O)N[C@@H](CO)C(=O)N[C@@H](CCCCN)C(=O)O. The summed E-state index contributed by atoms with van der Waals surface area (Å²) in [4.78, 5) is 245. The van der Waals surface area contributed by atoms with Crippen molar-refractivity contribution in [1.29, 1.82) is 5.41 Å². The van der Waals surface area contributed by atoms with Gasteiger partial charge in [-0.15, -0.1) is 0 Å². The van der Waals surface area contributed by atoms with E-state index in [9.17, 15) is 87.5 Å². The fraction of sp³-hybridized carbons (Fsp3) is 0.495. The average Bonchev–Trinajstić information content (AvgIpc) is 1.70. The number of aliphatic carboxylic acids is 1. The molecule has 16 amide bonds. The average molecular weight is 1900 g/mol. The van der Waals surface area contributed by atoms with Gasteiger partial charge in [0.25, 0.3) is 0 Å². The molecule has 0 aliphatic heterocycles. The van der Waals surface area contributed by atoms with Crippen molar-refractivity contribution in [3.8, 4) is 11.5 Å². The number of carboxylic acid groups (broad SMARTS) is 1. The highest BCUT2D eigenvalue weighted by Gasteiger charge is 2.40. The van der Waals surface area contributed by atoms with E-state index in [1.54, 1.807) is 88.6 Å². The van der Waals surface area contributed by atoms with Crippen LogP contribution in [-0.2, 0) is 107 Å². The van der Waals surface area contributed by atoms with Crippen molar-refractivity contribution >= 4 is 128 Å². The lowest BCUT2D eigenvalue weighted by Gasteiger charge is -2.29. The van der Waals surface area contributed by atoms with Gasteiger partial charge in [-0.25, -0.2) is 4.79 Å². The number of carbonyl (C=O) groups is 17. The number of fused-ring (bicyclic) bond motifs is 2. The molecule has 6 rings (SSSR count). The Hall–Kier alpha value is -14.3. The number of para-hydroxylation sites is 2. The van der Waals surface area contributed by atoms with E-state index < -0.39 is 216 Å². The van der Waals surface area contributed by atoms with Gasteiger partial charge in [-0.2, -0.15) is 0 Å². The van der Waals surface area contributed by atoms with Crippen LogP contribution >= 0.6 is 0 Å². The molecule has 0 unspecified atom stereocenters. The van der Waals surface area contributed by atoms with Crippen molar-refractivity contribution in [3.63, 3.8) is 0 Å². The Kier molecular flexibility index (Phi) is 44.9. The molecule has 0 saturated heterocycles. The van der Waals surface area contributed by atoms with Crippen molar-refractivity contribution in [1.82, 2.24) is 89.7 Å². The number of carbonyl (C=O) groups excluding carboxylic acids is 16. The zero-order valence-electron chi connectivity index (χ0n) is 77.2. The van der Waals surface area contributed by atoms with Gasteiger partial charge in [-0.1, -0.05) is 94.8 Å². The van der Waals surface area contributed by atoms with Crippen LogP contribution in [0.4, 0.5) is 0 Å². The summed E-state index contributed by atoms with van der Waals surface area (Å²) in [6.07, 6.45) is 2.25. The van der Waals surface area contributed by atoms with E-state index in [2.05, 4.69) is 89.7 Å². The highest BCUT2D eigenvalue weighted by Crippen LogP contribution is 2.24. The first kappa shape index (κ1) is 110. The third-order valence-corrected chi connectivity index (χ3v) is 22.5. The van der Waals surface area contributed by atoms with Gasteiger partial charge in [0.15, 0.2) is 5.96 Å². The molecule has 0 aliphatic rings. The predicted octanol–water partition coefficient (Wildman–Crippen LogP) is -3.66. The number of aromatic hydroxyl groups is 2. The summed E-state index contributed by atoms with van der Waals surface area (Å²) in [6, 6.07) is 2.41. The van der Waals surface area contributed by atoms with Crippen molar-refractivity contribution in [2.24, 2.45) is 46.2 Å². The number of aromatic nitrogens is 2. The molecule has 0 fully saturated rings. The number of hydrogen-bond acceptors (Lipinski definition) is 24. The molecule has 34 N–H and O–H groups in total. The van der Waals surface area contributed by atoms with Crippen LogP contribution in [0.1, 0.15) is 154 Å². The molecule has 136 heavy (non-hydrogen) atoms. The maximum atomic E-state index is 15.4. The lowest BCUT2D eigenvalue weighted by molar-refractivity contribution is -0.143. The number of aliphatic hydroxyl groups is 1. The van der Waals surface area contributed by atoms with Crippen LogP contribution in [0.15, 0.2) is 109 Å².